The van der Waals surface area contributed by atoms with Gasteiger partial charge in [-0.05, 0) is 37.6 Å². The van der Waals surface area contributed by atoms with E-state index in [2.05, 4.69) is 40.4 Å². The van der Waals surface area contributed by atoms with E-state index in [-0.39, 0.29) is 11.1 Å². The van der Waals surface area contributed by atoms with Gasteiger partial charge in [0.05, 0.1) is 24.4 Å². The van der Waals surface area contributed by atoms with Crippen molar-refractivity contribution in [3.8, 4) is 0 Å². The van der Waals surface area contributed by atoms with Crippen molar-refractivity contribution >= 4 is 8.32 Å². The van der Waals surface area contributed by atoms with Crippen molar-refractivity contribution < 1.29 is 19.0 Å². The summed E-state index contributed by atoms with van der Waals surface area (Å²) in [6, 6.07) is 0. The van der Waals surface area contributed by atoms with Crippen LogP contribution in [0, 0.1) is 0 Å². The predicted octanol–water partition coefficient (Wildman–Crippen LogP) is 4.00. The molecule has 23 heavy (non-hydrogen) atoms. The smallest absolute Gasteiger partial charge is 0.192 e. The number of hydrogen-bond donors (Lipinski definition) is 1. The molecule has 3 atom stereocenters. The van der Waals surface area contributed by atoms with Gasteiger partial charge in [-0.3, -0.25) is 0 Å². The van der Waals surface area contributed by atoms with Gasteiger partial charge in [0.25, 0.3) is 0 Å². The number of hydrogen-bond acceptors (Lipinski definition) is 4. The lowest BCUT2D eigenvalue weighted by Crippen LogP contribution is -2.57. The summed E-state index contributed by atoms with van der Waals surface area (Å²) < 4.78 is 18.5. The summed E-state index contributed by atoms with van der Waals surface area (Å²) in [5, 5.41) is 10.7. The molecule has 1 saturated carbocycles. The molecule has 1 aliphatic heterocycles. The van der Waals surface area contributed by atoms with Crippen LogP contribution in [0.5, 0.6) is 0 Å². The Morgan fingerprint density at radius 3 is 2.43 bits per heavy atom. The van der Waals surface area contributed by atoms with Crippen molar-refractivity contribution in [3.05, 3.63) is 12.2 Å². The molecule has 2 rings (SSSR count). The molecule has 0 aromatic rings. The molecule has 5 heteroatoms. The van der Waals surface area contributed by atoms with Crippen molar-refractivity contribution in [2.75, 3.05) is 6.61 Å². The highest BCUT2D eigenvalue weighted by atomic mass is 28.4. The fourth-order valence-corrected chi connectivity index (χ4v) is 4.71. The van der Waals surface area contributed by atoms with Crippen LogP contribution in [-0.4, -0.2) is 43.6 Å². The number of aliphatic hydroxyl groups excluding tert-OH is 1. The second-order valence-corrected chi connectivity index (χ2v) is 13.8. The van der Waals surface area contributed by atoms with Gasteiger partial charge in [0.15, 0.2) is 14.1 Å². The van der Waals surface area contributed by atoms with Crippen LogP contribution >= 0.6 is 0 Å². The van der Waals surface area contributed by atoms with Gasteiger partial charge in [0.2, 0.25) is 0 Å². The molecular weight excluding hydrogens is 308 g/mol. The van der Waals surface area contributed by atoms with Crippen molar-refractivity contribution in [2.24, 2.45) is 0 Å². The molecule has 1 saturated heterocycles. The van der Waals surface area contributed by atoms with Gasteiger partial charge in [-0.15, -0.1) is 0 Å². The van der Waals surface area contributed by atoms with E-state index < -0.39 is 25.8 Å². The number of ether oxygens (including phenoxy) is 2. The van der Waals surface area contributed by atoms with Gasteiger partial charge < -0.3 is 19.0 Å². The molecular formula is C18H34O4Si. The monoisotopic (exact) mass is 342 g/mol. The standard InChI is InChI=1S/C18H34O4Si/c1-13-15(19)11-14(21-23(7,8)16(2,3)4)12-18(13)9-10-20-17(5,6)22-18/h14-15,19H,1,9-12H2,2-8H3/t14-,15-,18+/m0/s1. The van der Waals surface area contributed by atoms with Crippen LogP contribution < -0.4 is 0 Å². The van der Waals surface area contributed by atoms with Crippen molar-refractivity contribution in [2.45, 2.75) is 95.6 Å². The molecule has 0 radical (unpaired) electrons. The van der Waals surface area contributed by atoms with Gasteiger partial charge in [-0.1, -0.05) is 27.4 Å². The molecule has 2 aliphatic rings. The molecule has 0 bridgehead atoms. The first-order chi connectivity index (χ1) is 10.3. The van der Waals surface area contributed by atoms with Crippen LogP contribution in [0.1, 0.15) is 53.9 Å². The fourth-order valence-electron chi connectivity index (χ4n) is 3.34. The van der Waals surface area contributed by atoms with E-state index in [0.717, 1.165) is 18.4 Å². The summed E-state index contributed by atoms with van der Waals surface area (Å²) in [5.74, 6) is -0.653. The molecule has 134 valence electrons. The lowest BCUT2D eigenvalue weighted by molar-refractivity contribution is -0.309. The summed E-state index contributed by atoms with van der Waals surface area (Å²) >= 11 is 0. The number of rotatable bonds is 2. The molecule has 1 heterocycles. The van der Waals surface area contributed by atoms with Crippen molar-refractivity contribution in [3.63, 3.8) is 0 Å². The first-order valence-corrected chi connectivity index (χ1v) is 11.6. The van der Waals surface area contributed by atoms with Gasteiger partial charge >= 0.3 is 0 Å². The van der Waals surface area contributed by atoms with Crippen LogP contribution in [0.2, 0.25) is 18.1 Å². The topological polar surface area (TPSA) is 47.9 Å². The van der Waals surface area contributed by atoms with Crippen LogP contribution in [-0.2, 0) is 13.9 Å². The van der Waals surface area contributed by atoms with E-state index in [1.54, 1.807) is 0 Å². The summed E-state index contributed by atoms with van der Waals surface area (Å²) in [6.45, 7) is 19.8. The van der Waals surface area contributed by atoms with Gasteiger partial charge in [-0.25, -0.2) is 0 Å². The van der Waals surface area contributed by atoms with Gasteiger partial charge in [-0.2, -0.15) is 0 Å². The molecule has 4 nitrogen and oxygen atoms in total. The van der Waals surface area contributed by atoms with E-state index in [1.807, 2.05) is 13.8 Å². The molecule has 1 aliphatic carbocycles. The quantitative estimate of drug-likeness (QED) is 0.609. The van der Waals surface area contributed by atoms with Gasteiger partial charge in [0, 0.05) is 19.3 Å². The van der Waals surface area contributed by atoms with E-state index in [9.17, 15) is 5.11 Å². The second kappa shape index (κ2) is 5.95. The zero-order valence-corrected chi connectivity index (χ0v) is 16.9. The third-order valence-electron chi connectivity index (χ3n) is 5.70. The average molecular weight is 343 g/mol. The zero-order valence-electron chi connectivity index (χ0n) is 15.9. The molecule has 0 amide bonds. The lowest BCUT2D eigenvalue weighted by atomic mass is 9.75. The Morgan fingerprint density at radius 2 is 1.91 bits per heavy atom. The summed E-state index contributed by atoms with van der Waals surface area (Å²) in [7, 11) is -1.89. The second-order valence-electron chi connectivity index (χ2n) is 9.08. The highest BCUT2D eigenvalue weighted by molar-refractivity contribution is 6.74. The van der Waals surface area contributed by atoms with Crippen LogP contribution in [0.4, 0.5) is 0 Å². The SMILES string of the molecule is C=C1[C@@H](O)C[C@H](O[Si](C)(C)C(C)(C)C)C[C@]12CCOC(C)(C)O2. The highest BCUT2D eigenvalue weighted by Crippen LogP contribution is 2.47. The van der Waals surface area contributed by atoms with Crippen LogP contribution in [0.3, 0.4) is 0 Å². The van der Waals surface area contributed by atoms with E-state index >= 15 is 0 Å². The predicted molar refractivity (Wildman–Crippen MR) is 94.9 cm³/mol. The first kappa shape index (κ1) is 19.1. The van der Waals surface area contributed by atoms with Crippen LogP contribution in [0.15, 0.2) is 12.2 Å². The highest BCUT2D eigenvalue weighted by Gasteiger charge is 2.51. The normalized spacial score (nSPS) is 35.6. The minimum atomic E-state index is -1.89. The molecule has 0 aromatic carbocycles. The van der Waals surface area contributed by atoms with Crippen molar-refractivity contribution in [1.82, 2.24) is 0 Å². The summed E-state index contributed by atoms with van der Waals surface area (Å²) in [6.07, 6.45) is 1.52. The maximum Gasteiger partial charge on any atom is 0.192 e. The average Bonchev–Trinajstić information content (AvgIpc) is 2.32. The first-order valence-electron chi connectivity index (χ1n) is 8.67. The van der Waals surface area contributed by atoms with E-state index in [1.165, 1.54) is 0 Å². The minimum Gasteiger partial charge on any atom is -0.414 e. The zero-order chi connectivity index (χ0) is 17.7. The lowest BCUT2D eigenvalue weighted by Gasteiger charge is -2.52. The largest absolute Gasteiger partial charge is 0.414 e. The molecule has 0 unspecified atom stereocenters. The molecule has 0 aromatic heterocycles. The summed E-state index contributed by atoms with van der Waals surface area (Å²) in [4.78, 5) is 0. The maximum atomic E-state index is 10.6. The third-order valence-corrected chi connectivity index (χ3v) is 10.2. The van der Waals surface area contributed by atoms with Gasteiger partial charge in [0.1, 0.15) is 0 Å². The Hall–Kier alpha value is -0.203. The Balaban J connectivity index is 2.21. The Bertz CT molecular complexity index is 466. The van der Waals surface area contributed by atoms with E-state index in [0.29, 0.717) is 13.0 Å². The summed E-state index contributed by atoms with van der Waals surface area (Å²) in [5.41, 5.74) is 0.246. The Morgan fingerprint density at radius 1 is 1.30 bits per heavy atom. The minimum absolute atomic E-state index is 0.00490. The Kier molecular flexibility index (Phi) is 4.95. The molecule has 1 N–H and O–H groups in total. The number of aliphatic hydroxyl groups is 1. The third kappa shape index (κ3) is 3.90. The maximum absolute atomic E-state index is 10.6. The van der Waals surface area contributed by atoms with Crippen LogP contribution in [0.25, 0.3) is 0 Å². The molecule has 2 fully saturated rings. The van der Waals surface area contributed by atoms with E-state index in [4.69, 9.17) is 13.9 Å². The van der Waals surface area contributed by atoms with Crippen molar-refractivity contribution in [1.29, 1.82) is 0 Å². The molecule has 1 spiro atoms. The Labute approximate surface area is 142 Å². The fraction of sp³-hybridized carbons (Fsp3) is 0.889.